The first kappa shape index (κ1) is 24.4. The molecule has 2 aromatic carbocycles. The highest BCUT2D eigenvalue weighted by atomic mass is 35.5. The number of halogens is 4. The van der Waals surface area contributed by atoms with Crippen LogP contribution in [0.2, 0.25) is 4.34 Å². The van der Waals surface area contributed by atoms with Gasteiger partial charge in [0.2, 0.25) is 5.91 Å². The fraction of sp³-hybridized carbons (Fsp3) is 0.292. The van der Waals surface area contributed by atoms with Gasteiger partial charge >= 0.3 is 12.2 Å². The van der Waals surface area contributed by atoms with Gasteiger partial charge in [-0.3, -0.25) is 15.0 Å². The number of alkyl halides is 3. The Kier molecular flexibility index (Phi) is 6.08. The van der Waals surface area contributed by atoms with E-state index in [0.29, 0.717) is 47.0 Å². The summed E-state index contributed by atoms with van der Waals surface area (Å²) in [6.45, 7) is 2.77. The van der Waals surface area contributed by atoms with Crippen LogP contribution in [0, 0.1) is 0 Å². The van der Waals surface area contributed by atoms with Gasteiger partial charge < -0.3 is 9.64 Å². The number of likely N-dealkylation sites (tertiary alicyclic amines) is 1. The van der Waals surface area contributed by atoms with Crippen molar-refractivity contribution < 1.29 is 27.5 Å². The Labute approximate surface area is 213 Å². The number of carbonyl (C=O) groups excluding carboxylic acids is 2. The molecule has 1 aromatic heterocycles. The molecule has 188 valence electrons. The summed E-state index contributed by atoms with van der Waals surface area (Å²) in [6.07, 6.45) is -2.42. The van der Waals surface area contributed by atoms with Crippen LogP contribution in [0.1, 0.15) is 24.5 Å². The Bertz CT molecular complexity index is 1350. The smallest absolute Gasteiger partial charge is 0.416 e. The second-order valence-corrected chi connectivity index (χ2v) is 10.4. The van der Waals surface area contributed by atoms with Crippen LogP contribution in [0.5, 0.6) is 11.5 Å². The van der Waals surface area contributed by atoms with Crippen LogP contribution >= 0.6 is 22.9 Å². The lowest BCUT2D eigenvalue weighted by Gasteiger charge is -2.25. The fourth-order valence-corrected chi connectivity index (χ4v) is 5.53. The molecular weight excluding hydrogens is 517 g/mol. The number of nitrogens with zero attached hydrogens (tertiary/aromatic N) is 3. The zero-order chi connectivity index (χ0) is 25.7. The van der Waals surface area contributed by atoms with E-state index in [-0.39, 0.29) is 11.7 Å². The van der Waals surface area contributed by atoms with Crippen molar-refractivity contribution in [3.05, 3.63) is 64.1 Å². The Morgan fingerprint density at radius 2 is 1.94 bits per heavy atom. The molecule has 0 radical (unpaired) electrons. The summed E-state index contributed by atoms with van der Waals surface area (Å²) in [6, 6.07) is 9.31. The highest BCUT2D eigenvalue weighted by Crippen LogP contribution is 2.48. The lowest BCUT2D eigenvalue weighted by Crippen LogP contribution is -2.41. The average molecular weight is 537 g/mol. The molecule has 2 aliphatic rings. The van der Waals surface area contributed by atoms with E-state index in [1.807, 2.05) is 0 Å². The van der Waals surface area contributed by atoms with E-state index in [0.717, 1.165) is 29.0 Å². The minimum atomic E-state index is -4.49. The number of anilines is 2. The second kappa shape index (κ2) is 8.97. The van der Waals surface area contributed by atoms with E-state index in [2.05, 4.69) is 10.3 Å². The van der Waals surface area contributed by atoms with Crippen molar-refractivity contribution in [2.75, 3.05) is 29.9 Å². The van der Waals surface area contributed by atoms with Crippen LogP contribution in [-0.2, 0) is 16.4 Å². The van der Waals surface area contributed by atoms with Gasteiger partial charge in [-0.25, -0.2) is 9.78 Å². The first-order chi connectivity index (χ1) is 17.0. The van der Waals surface area contributed by atoms with Gasteiger partial charge in [0.1, 0.15) is 15.8 Å². The van der Waals surface area contributed by atoms with Crippen molar-refractivity contribution in [1.29, 1.82) is 0 Å². The van der Waals surface area contributed by atoms with Crippen LogP contribution in [0.25, 0.3) is 0 Å². The molecule has 3 aromatic rings. The Hall–Kier alpha value is -3.31. The molecule has 1 saturated heterocycles. The summed E-state index contributed by atoms with van der Waals surface area (Å²) in [5.74, 6) is 0.316. The number of nitrogens with one attached hydrogen (secondary N) is 1. The minimum Gasteiger partial charge on any atom is -0.457 e. The van der Waals surface area contributed by atoms with E-state index in [1.165, 1.54) is 25.3 Å². The van der Waals surface area contributed by atoms with Gasteiger partial charge in [0.25, 0.3) is 0 Å². The number of amides is 3. The molecule has 12 heteroatoms. The third-order valence-electron chi connectivity index (χ3n) is 6.42. The van der Waals surface area contributed by atoms with E-state index >= 15 is 0 Å². The van der Waals surface area contributed by atoms with Crippen molar-refractivity contribution in [2.24, 2.45) is 0 Å². The van der Waals surface area contributed by atoms with Crippen LogP contribution in [-0.4, -0.2) is 41.5 Å². The van der Waals surface area contributed by atoms with Crippen molar-refractivity contribution in [1.82, 2.24) is 9.88 Å². The summed E-state index contributed by atoms with van der Waals surface area (Å²) in [5.41, 5.74) is 0.0853. The SMILES string of the molecule is CC(=O)N1CCC2(C1)CN(C(=O)Nc1ncc(Cl)s1)c1ccc(Oc3cccc(C(F)(F)F)c3)cc12. The number of carbonyl (C=O) groups is 2. The average Bonchev–Trinajstić information content (AvgIpc) is 3.52. The van der Waals surface area contributed by atoms with Gasteiger partial charge in [-0.2, -0.15) is 13.2 Å². The number of fused-ring (bicyclic) bond motifs is 2. The van der Waals surface area contributed by atoms with Crippen LogP contribution in [0.4, 0.5) is 28.8 Å². The van der Waals surface area contributed by atoms with Gasteiger partial charge in [-0.05, 0) is 48.4 Å². The molecule has 0 bridgehead atoms. The molecule has 1 spiro atoms. The maximum atomic E-state index is 13.2. The summed E-state index contributed by atoms with van der Waals surface area (Å²) >= 11 is 7.06. The van der Waals surface area contributed by atoms with E-state index in [1.54, 1.807) is 28.0 Å². The van der Waals surface area contributed by atoms with Gasteiger partial charge in [0.05, 0.1) is 11.8 Å². The number of aromatic nitrogens is 1. The molecule has 3 heterocycles. The number of hydrogen-bond acceptors (Lipinski definition) is 5. The van der Waals surface area contributed by atoms with Crippen LogP contribution < -0.4 is 15.0 Å². The predicted octanol–water partition coefficient (Wildman–Crippen LogP) is 6.15. The van der Waals surface area contributed by atoms with Gasteiger partial charge in [0.15, 0.2) is 5.13 Å². The zero-order valence-corrected chi connectivity index (χ0v) is 20.5. The normalized spacial score (nSPS) is 19.0. The maximum Gasteiger partial charge on any atom is 0.416 e. The van der Waals surface area contributed by atoms with Crippen LogP contribution in [0.15, 0.2) is 48.7 Å². The van der Waals surface area contributed by atoms with Gasteiger partial charge in [0, 0.05) is 37.7 Å². The predicted molar refractivity (Wildman–Crippen MR) is 130 cm³/mol. The number of thiazole rings is 1. The molecule has 3 amide bonds. The first-order valence-corrected chi connectivity index (χ1v) is 12.2. The molecule has 7 nitrogen and oxygen atoms in total. The lowest BCUT2D eigenvalue weighted by molar-refractivity contribution is -0.137. The quantitative estimate of drug-likeness (QED) is 0.436. The molecule has 36 heavy (non-hydrogen) atoms. The Morgan fingerprint density at radius 3 is 2.61 bits per heavy atom. The molecule has 1 atom stereocenters. The summed E-state index contributed by atoms with van der Waals surface area (Å²) in [4.78, 5) is 32.6. The van der Waals surface area contributed by atoms with E-state index in [9.17, 15) is 22.8 Å². The lowest BCUT2D eigenvalue weighted by atomic mass is 9.81. The first-order valence-electron chi connectivity index (χ1n) is 11.0. The molecule has 0 saturated carbocycles. The molecule has 0 aliphatic carbocycles. The van der Waals surface area contributed by atoms with E-state index < -0.39 is 23.2 Å². The zero-order valence-electron chi connectivity index (χ0n) is 18.9. The number of urea groups is 1. The summed E-state index contributed by atoms with van der Waals surface area (Å²) in [5, 5.41) is 3.11. The number of ether oxygens (including phenoxy) is 1. The largest absolute Gasteiger partial charge is 0.457 e. The Balaban J connectivity index is 1.47. The van der Waals surface area contributed by atoms with Gasteiger partial charge in [-0.15, -0.1) is 0 Å². The second-order valence-electron chi connectivity index (χ2n) is 8.76. The molecular formula is C24H20ClF3N4O3S. The van der Waals surface area contributed by atoms with Crippen molar-refractivity contribution in [3.8, 4) is 11.5 Å². The number of rotatable bonds is 3. The summed E-state index contributed by atoms with van der Waals surface area (Å²) in [7, 11) is 0. The number of benzene rings is 2. The minimum absolute atomic E-state index is 0.0452. The van der Waals surface area contributed by atoms with Crippen molar-refractivity contribution in [2.45, 2.75) is 24.9 Å². The standard InChI is InChI=1S/C24H20ClF3N4O3S/c1-14(33)31-8-7-23(12-31)13-32(22(34)30-21-29-11-20(25)36-21)19-6-5-17(10-18(19)23)35-16-4-2-3-15(9-16)24(26,27)28/h2-6,9-11H,7-8,12-13H2,1H3,(H,29,30,34). The van der Waals surface area contributed by atoms with Crippen LogP contribution in [0.3, 0.4) is 0 Å². The fourth-order valence-electron chi connectivity index (χ4n) is 4.73. The monoisotopic (exact) mass is 536 g/mol. The molecule has 1 unspecified atom stereocenters. The molecule has 5 rings (SSSR count). The number of hydrogen-bond donors (Lipinski definition) is 1. The third-order valence-corrected chi connectivity index (χ3v) is 7.45. The Morgan fingerprint density at radius 1 is 1.17 bits per heavy atom. The third kappa shape index (κ3) is 4.60. The van der Waals surface area contributed by atoms with Crippen molar-refractivity contribution >= 4 is 45.7 Å². The van der Waals surface area contributed by atoms with E-state index in [4.69, 9.17) is 16.3 Å². The molecule has 2 aliphatic heterocycles. The summed E-state index contributed by atoms with van der Waals surface area (Å²) < 4.78 is 45.6. The maximum absolute atomic E-state index is 13.2. The highest BCUT2D eigenvalue weighted by molar-refractivity contribution is 7.19. The highest BCUT2D eigenvalue weighted by Gasteiger charge is 2.49. The topological polar surface area (TPSA) is 74.8 Å². The molecule has 1 fully saturated rings. The molecule has 1 N–H and O–H groups in total. The van der Waals surface area contributed by atoms with Crippen molar-refractivity contribution in [3.63, 3.8) is 0 Å². The van der Waals surface area contributed by atoms with Gasteiger partial charge in [-0.1, -0.05) is 29.0 Å².